The lowest BCUT2D eigenvalue weighted by Gasteiger charge is -2.32. The summed E-state index contributed by atoms with van der Waals surface area (Å²) in [4.78, 5) is 6.96. The van der Waals surface area contributed by atoms with E-state index in [1.807, 2.05) is 0 Å². The fourth-order valence-electron chi connectivity index (χ4n) is 2.90. The second-order valence-electron chi connectivity index (χ2n) is 5.64. The van der Waals surface area contributed by atoms with Gasteiger partial charge in [0.25, 0.3) is 0 Å². The Morgan fingerprint density at radius 3 is 3.10 bits per heavy atom. The van der Waals surface area contributed by atoms with Crippen molar-refractivity contribution in [3.8, 4) is 0 Å². The van der Waals surface area contributed by atoms with Crippen LogP contribution in [-0.2, 0) is 15.9 Å². The number of rotatable bonds is 5. The van der Waals surface area contributed by atoms with Gasteiger partial charge in [-0.15, -0.1) is 0 Å². The van der Waals surface area contributed by atoms with Gasteiger partial charge in [0.1, 0.15) is 11.9 Å². The van der Waals surface area contributed by atoms with Crippen LogP contribution in [0.15, 0.2) is 0 Å². The van der Waals surface area contributed by atoms with E-state index in [2.05, 4.69) is 27.0 Å². The molecule has 0 aromatic carbocycles. The number of hydrogen-bond donors (Lipinski definition) is 1. The summed E-state index contributed by atoms with van der Waals surface area (Å²) < 4.78 is 11.5. The van der Waals surface area contributed by atoms with Gasteiger partial charge in [-0.3, -0.25) is 10.00 Å². The van der Waals surface area contributed by atoms with Gasteiger partial charge in [-0.05, 0) is 19.3 Å². The van der Waals surface area contributed by atoms with Crippen molar-refractivity contribution in [3.63, 3.8) is 0 Å². The minimum Gasteiger partial charge on any atom is -0.377 e. The number of hydrogen-bond acceptors (Lipinski definition) is 5. The minimum absolute atomic E-state index is 0.00740. The summed E-state index contributed by atoms with van der Waals surface area (Å²) in [6.07, 6.45) is 4.79. The molecule has 0 aliphatic carbocycles. The first-order chi connectivity index (χ1) is 9.85. The van der Waals surface area contributed by atoms with Gasteiger partial charge in [0, 0.05) is 32.7 Å². The van der Waals surface area contributed by atoms with Crippen molar-refractivity contribution >= 4 is 0 Å². The molecule has 2 atom stereocenters. The van der Waals surface area contributed by atoms with Crippen LogP contribution in [0.5, 0.6) is 0 Å². The van der Waals surface area contributed by atoms with Crippen LogP contribution in [0.25, 0.3) is 0 Å². The molecule has 20 heavy (non-hydrogen) atoms. The summed E-state index contributed by atoms with van der Waals surface area (Å²) in [5.74, 6) is 1.76. The second-order valence-corrected chi connectivity index (χ2v) is 5.64. The Balaban J connectivity index is 1.56. The van der Waals surface area contributed by atoms with Crippen molar-refractivity contribution in [1.29, 1.82) is 0 Å². The molecule has 1 aromatic heterocycles. The summed E-state index contributed by atoms with van der Waals surface area (Å²) in [6, 6.07) is 0. The molecule has 3 heterocycles. The van der Waals surface area contributed by atoms with E-state index in [0.717, 1.165) is 57.3 Å². The predicted octanol–water partition coefficient (Wildman–Crippen LogP) is 1.31. The highest BCUT2D eigenvalue weighted by atomic mass is 16.5. The third-order valence-corrected chi connectivity index (χ3v) is 3.96. The van der Waals surface area contributed by atoms with Crippen LogP contribution < -0.4 is 0 Å². The van der Waals surface area contributed by atoms with Crippen LogP contribution in [0.3, 0.4) is 0 Å². The Morgan fingerprint density at radius 1 is 1.35 bits per heavy atom. The minimum atomic E-state index is -0.00740. The summed E-state index contributed by atoms with van der Waals surface area (Å²) in [7, 11) is 0. The van der Waals surface area contributed by atoms with Crippen molar-refractivity contribution in [2.24, 2.45) is 0 Å². The van der Waals surface area contributed by atoms with Gasteiger partial charge in [0.2, 0.25) is 0 Å². The highest BCUT2D eigenvalue weighted by Gasteiger charge is 2.28. The van der Waals surface area contributed by atoms with Gasteiger partial charge in [-0.2, -0.15) is 5.10 Å². The van der Waals surface area contributed by atoms with Crippen molar-refractivity contribution in [2.75, 3.05) is 32.8 Å². The van der Waals surface area contributed by atoms with E-state index in [0.29, 0.717) is 6.10 Å². The highest BCUT2D eigenvalue weighted by Crippen LogP contribution is 2.21. The van der Waals surface area contributed by atoms with Crippen molar-refractivity contribution in [2.45, 2.75) is 44.8 Å². The van der Waals surface area contributed by atoms with E-state index in [1.165, 1.54) is 12.8 Å². The fourth-order valence-corrected chi connectivity index (χ4v) is 2.90. The molecule has 0 radical (unpaired) electrons. The maximum atomic E-state index is 5.82. The number of morpholine rings is 1. The lowest BCUT2D eigenvalue weighted by Crippen LogP contribution is -2.42. The van der Waals surface area contributed by atoms with Crippen LogP contribution >= 0.6 is 0 Å². The fraction of sp³-hybridized carbons (Fsp3) is 0.857. The smallest absolute Gasteiger partial charge is 0.180 e. The molecule has 0 bridgehead atoms. The zero-order valence-electron chi connectivity index (χ0n) is 12.2. The topological polar surface area (TPSA) is 63.3 Å². The Morgan fingerprint density at radius 2 is 2.30 bits per heavy atom. The Hall–Kier alpha value is -0.980. The van der Waals surface area contributed by atoms with Gasteiger partial charge in [0.15, 0.2) is 5.82 Å². The van der Waals surface area contributed by atoms with Crippen LogP contribution in [0.4, 0.5) is 0 Å². The Bertz CT molecular complexity index is 417. The van der Waals surface area contributed by atoms with Crippen molar-refractivity contribution in [3.05, 3.63) is 11.6 Å². The van der Waals surface area contributed by atoms with Gasteiger partial charge < -0.3 is 9.47 Å². The zero-order chi connectivity index (χ0) is 13.8. The quantitative estimate of drug-likeness (QED) is 0.881. The molecule has 6 nitrogen and oxygen atoms in total. The van der Waals surface area contributed by atoms with E-state index in [4.69, 9.17) is 9.47 Å². The molecule has 6 heteroatoms. The molecule has 2 aliphatic heterocycles. The van der Waals surface area contributed by atoms with Crippen LogP contribution in [0.1, 0.15) is 43.9 Å². The molecule has 3 rings (SSSR count). The maximum absolute atomic E-state index is 5.82. The lowest BCUT2D eigenvalue weighted by molar-refractivity contribution is -0.0481. The molecular weight excluding hydrogens is 256 g/mol. The third-order valence-electron chi connectivity index (χ3n) is 3.96. The first-order valence-electron chi connectivity index (χ1n) is 7.72. The van der Waals surface area contributed by atoms with Crippen LogP contribution in [-0.4, -0.2) is 59.0 Å². The highest BCUT2D eigenvalue weighted by molar-refractivity contribution is 4.97. The number of nitrogens with zero attached hydrogens (tertiary/aromatic N) is 3. The standard InChI is InChI=1S/C14H24N4O2/c1-2-4-13-15-14(17-16-13)12-10-18(6-8-20-12)9-11-5-3-7-19-11/h11-12H,2-10H2,1H3,(H,15,16,17)/t11-,12+/m1/s1. The molecule has 1 N–H and O–H groups in total. The zero-order valence-corrected chi connectivity index (χ0v) is 12.2. The molecule has 2 saturated heterocycles. The van der Waals surface area contributed by atoms with E-state index in [1.54, 1.807) is 0 Å². The van der Waals surface area contributed by atoms with Crippen molar-refractivity contribution in [1.82, 2.24) is 20.1 Å². The molecule has 1 aromatic rings. The monoisotopic (exact) mass is 280 g/mol. The summed E-state index contributed by atoms with van der Waals surface area (Å²) in [5.41, 5.74) is 0. The number of aryl methyl sites for hydroxylation is 1. The van der Waals surface area contributed by atoms with Gasteiger partial charge in [-0.25, -0.2) is 4.98 Å². The number of ether oxygens (including phenoxy) is 2. The first kappa shape index (κ1) is 14.0. The van der Waals surface area contributed by atoms with E-state index in [9.17, 15) is 0 Å². The Labute approximate surface area is 119 Å². The van der Waals surface area contributed by atoms with E-state index in [-0.39, 0.29) is 6.10 Å². The SMILES string of the molecule is CCCc1nc([C@@H]2CN(C[C@H]3CCCO3)CCO2)n[nH]1. The number of H-pyrrole nitrogens is 1. The predicted molar refractivity (Wildman–Crippen MR) is 74.5 cm³/mol. The number of aromatic nitrogens is 3. The van der Waals surface area contributed by atoms with Gasteiger partial charge in [0.05, 0.1) is 12.7 Å². The van der Waals surface area contributed by atoms with Gasteiger partial charge >= 0.3 is 0 Å². The molecule has 2 aliphatic rings. The second kappa shape index (κ2) is 6.65. The molecule has 112 valence electrons. The largest absolute Gasteiger partial charge is 0.377 e. The molecule has 0 saturated carbocycles. The van der Waals surface area contributed by atoms with Crippen molar-refractivity contribution < 1.29 is 9.47 Å². The van der Waals surface area contributed by atoms with Gasteiger partial charge in [-0.1, -0.05) is 6.92 Å². The maximum Gasteiger partial charge on any atom is 0.180 e. The number of nitrogens with one attached hydrogen (secondary N) is 1. The summed E-state index contributed by atoms with van der Waals surface area (Å²) in [5, 5.41) is 7.31. The number of aromatic amines is 1. The first-order valence-corrected chi connectivity index (χ1v) is 7.72. The Kier molecular flexibility index (Phi) is 4.65. The van der Waals surface area contributed by atoms with E-state index < -0.39 is 0 Å². The third kappa shape index (κ3) is 3.37. The van der Waals surface area contributed by atoms with E-state index >= 15 is 0 Å². The average molecular weight is 280 g/mol. The lowest BCUT2D eigenvalue weighted by atomic mass is 10.2. The molecule has 0 amide bonds. The average Bonchev–Trinajstić information content (AvgIpc) is 3.11. The molecule has 0 spiro atoms. The van der Waals surface area contributed by atoms with Crippen LogP contribution in [0.2, 0.25) is 0 Å². The molecule has 2 fully saturated rings. The van der Waals surface area contributed by atoms with Crippen LogP contribution in [0, 0.1) is 0 Å². The molecule has 0 unspecified atom stereocenters. The molecular formula is C14H24N4O2. The summed E-state index contributed by atoms with van der Waals surface area (Å²) >= 11 is 0. The summed E-state index contributed by atoms with van der Waals surface area (Å²) in [6.45, 7) is 6.65. The normalized spacial score (nSPS) is 28.1.